The van der Waals surface area contributed by atoms with Crippen LogP contribution in [0, 0.1) is 0 Å². The van der Waals surface area contributed by atoms with Crippen molar-refractivity contribution < 1.29 is 9.50 Å². The zero-order valence-electron chi connectivity index (χ0n) is 8.81. The van der Waals surface area contributed by atoms with Crippen LogP contribution in [0.2, 0.25) is 0 Å². The lowest BCUT2D eigenvalue weighted by atomic mass is 9.96. The first-order valence-electron chi connectivity index (χ1n) is 5.13. The van der Waals surface area contributed by atoms with Gasteiger partial charge in [-0.3, -0.25) is 0 Å². The second-order valence-corrected chi connectivity index (χ2v) is 2.37. The Morgan fingerprint density at radius 2 is 1.42 bits per heavy atom. The minimum Gasteiger partial charge on any atom is -0.390 e. The summed E-state index contributed by atoms with van der Waals surface area (Å²) < 4.78 is 12.3. The van der Waals surface area contributed by atoms with E-state index in [2.05, 4.69) is 0 Å². The fourth-order valence-corrected chi connectivity index (χ4v) is 1.07. The maximum absolute atomic E-state index is 12.3. The van der Waals surface area contributed by atoms with Crippen LogP contribution in [0.25, 0.3) is 0 Å². The van der Waals surface area contributed by atoms with Gasteiger partial charge in [-0.05, 0) is 12.8 Å². The molecule has 1 nitrogen and oxygen atoms in total. The van der Waals surface area contributed by atoms with Crippen LogP contribution in [-0.4, -0.2) is 17.4 Å². The molecule has 0 radical (unpaired) electrons. The highest BCUT2D eigenvalue weighted by atomic mass is 19.1. The molecule has 1 N–H and O–H groups in total. The smallest absolute Gasteiger partial charge is 0.126 e. The molecule has 0 spiro atoms. The molecule has 0 aliphatic heterocycles. The maximum Gasteiger partial charge on any atom is 0.126 e. The highest BCUT2D eigenvalue weighted by molar-refractivity contribution is 4.72. The number of aliphatic hydroxyl groups is 1. The van der Waals surface area contributed by atoms with Crippen molar-refractivity contribution >= 4 is 0 Å². The van der Waals surface area contributed by atoms with Crippen molar-refractivity contribution in [1.29, 1.82) is 0 Å². The van der Waals surface area contributed by atoms with Crippen molar-refractivity contribution in [3.05, 3.63) is 0 Å². The van der Waals surface area contributed by atoms with Crippen molar-refractivity contribution in [3.63, 3.8) is 0 Å². The van der Waals surface area contributed by atoms with Gasteiger partial charge < -0.3 is 5.11 Å². The predicted molar refractivity (Wildman–Crippen MR) is 52.1 cm³/mol. The van der Waals surface area contributed by atoms with Gasteiger partial charge in [0.15, 0.2) is 0 Å². The van der Waals surface area contributed by atoms with Crippen molar-refractivity contribution in [3.8, 4) is 0 Å². The topological polar surface area (TPSA) is 20.2 Å². The van der Waals surface area contributed by atoms with Gasteiger partial charge >= 0.3 is 0 Å². The van der Waals surface area contributed by atoms with Gasteiger partial charge in [-0.15, -0.1) is 0 Å². The average molecular weight is 178 g/mol. The van der Waals surface area contributed by atoms with E-state index in [-0.39, 0.29) is 0 Å². The Balaban J connectivity index is 0. The van der Waals surface area contributed by atoms with E-state index in [1.807, 2.05) is 27.7 Å². The van der Waals surface area contributed by atoms with E-state index >= 15 is 0 Å². The van der Waals surface area contributed by atoms with Crippen LogP contribution in [0.4, 0.5) is 4.39 Å². The third kappa shape index (κ3) is 6.59. The van der Waals surface area contributed by atoms with Gasteiger partial charge in [0.05, 0.1) is 6.10 Å². The number of alkyl halides is 1. The normalized spacial score (nSPS) is 27.5. The summed E-state index contributed by atoms with van der Waals surface area (Å²) in [6, 6.07) is 0. The van der Waals surface area contributed by atoms with Crippen LogP contribution >= 0.6 is 0 Å². The summed E-state index contributed by atoms with van der Waals surface area (Å²) in [6.07, 6.45) is 1.54. The van der Waals surface area contributed by atoms with Crippen LogP contribution in [0.3, 0.4) is 0 Å². The summed E-state index contributed by atoms with van der Waals surface area (Å²) in [7, 11) is 0. The summed E-state index contributed by atoms with van der Waals surface area (Å²) in [6.45, 7) is 8.00. The van der Waals surface area contributed by atoms with Gasteiger partial charge in [0, 0.05) is 0 Å². The number of hydrogen-bond donors (Lipinski definition) is 1. The second-order valence-electron chi connectivity index (χ2n) is 2.37. The Labute approximate surface area is 76.0 Å². The van der Waals surface area contributed by atoms with Crippen molar-refractivity contribution in [2.45, 2.75) is 65.7 Å². The van der Waals surface area contributed by atoms with E-state index in [0.717, 1.165) is 12.8 Å². The largest absolute Gasteiger partial charge is 0.390 e. The summed E-state index contributed by atoms with van der Waals surface area (Å²) in [5.41, 5.74) is 0. The Morgan fingerprint density at radius 1 is 1.00 bits per heavy atom. The average Bonchev–Trinajstić information content (AvgIpc) is 2.17. The first kappa shape index (κ1) is 14.4. The SMILES string of the molecule is CC.CC.OC1CCCCC1F. The minimum absolute atomic E-state index is 0.557. The molecule has 0 bridgehead atoms. The van der Waals surface area contributed by atoms with Gasteiger partial charge in [-0.1, -0.05) is 40.5 Å². The number of aliphatic hydroxyl groups excluding tert-OH is 1. The molecule has 0 saturated heterocycles. The van der Waals surface area contributed by atoms with E-state index in [1.165, 1.54) is 0 Å². The molecule has 0 aromatic heterocycles. The molecule has 1 saturated carbocycles. The molecule has 1 aliphatic carbocycles. The highest BCUT2D eigenvalue weighted by Gasteiger charge is 2.21. The quantitative estimate of drug-likeness (QED) is 0.603. The Bertz CT molecular complexity index is 66.2. The Kier molecular flexibility index (Phi) is 13.1. The zero-order chi connectivity index (χ0) is 9.98. The molecule has 2 heteroatoms. The van der Waals surface area contributed by atoms with Crippen molar-refractivity contribution in [1.82, 2.24) is 0 Å². The summed E-state index contributed by atoms with van der Waals surface area (Å²) in [5, 5.41) is 8.80. The molecule has 0 heterocycles. The molecule has 0 amide bonds. The molecule has 0 aromatic carbocycles. The molecule has 1 aliphatic rings. The zero-order valence-corrected chi connectivity index (χ0v) is 8.81. The van der Waals surface area contributed by atoms with Crippen LogP contribution in [0.1, 0.15) is 53.4 Å². The molecule has 1 fully saturated rings. The minimum atomic E-state index is -0.941. The lowest BCUT2D eigenvalue weighted by Crippen LogP contribution is -2.25. The van der Waals surface area contributed by atoms with Crippen LogP contribution in [0.15, 0.2) is 0 Å². The lowest BCUT2D eigenvalue weighted by molar-refractivity contribution is 0.0442. The van der Waals surface area contributed by atoms with Gasteiger partial charge in [-0.2, -0.15) is 0 Å². The first-order valence-corrected chi connectivity index (χ1v) is 5.13. The molecule has 12 heavy (non-hydrogen) atoms. The number of halogens is 1. The summed E-state index contributed by atoms with van der Waals surface area (Å²) in [4.78, 5) is 0. The predicted octanol–water partition coefficient (Wildman–Crippen LogP) is 3.31. The number of hydrogen-bond acceptors (Lipinski definition) is 1. The lowest BCUT2D eigenvalue weighted by Gasteiger charge is -2.20. The molecular formula is C10H23FO. The van der Waals surface area contributed by atoms with Crippen LogP contribution in [0.5, 0.6) is 0 Å². The van der Waals surface area contributed by atoms with E-state index < -0.39 is 12.3 Å². The van der Waals surface area contributed by atoms with Crippen molar-refractivity contribution in [2.24, 2.45) is 0 Å². The fourth-order valence-electron chi connectivity index (χ4n) is 1.07. The molecule has 2 unspecified atom stereocenters. The maximum atomic E-state index is 12.3. The van der Waals surface area contributed by atoms with Gasteiger partial charge in [-0.25, -0.2) is 4.39 Å². The summed E-state index contributed by atoms with van der Waals surface area (Å²) >= 11 is 0. The van der Waals surface area contributed by atoms with E-state index in [4.69, 9.17) is 5.11 Å². The first-order chi connectivity index (χ1) is 5.80. The third-order valence-electron chi connectivity index (χ3n) is 1.65. The number of rotatable bonds is 0. The highest BCUT2D eigenvalue weighted by Crippen LogP contribution is 2.20. The van der Waals surface area contributed by atoms with E-state index in [0.29, 0.717) is 12.8 Å². The standard InChI is InChI=1S/C6H11FO.2C2H6/c7-5-3-1-2-4-6(5)8;2*1-2/h5-6,8H,1-4H2;2*1-2H3. The van der Waals surface area contributed by atoms with E-state index in [1.54, 1.807) is 0 Å². The van der Waals surface area contributed by atoms with E-state index in [9.17, 15) is 4.39 Å². The fraction of sp³-hybridized carbons (Fsp3) is 1.00. The third-order valence-corrected chi connectivity index (χ3v) is 1.65. The molecule has 2 atom stereocenters. The molecule has 76 valence electrons. The van der Waals surface area contributed by atoms with Gasteiger partial charge in [0.25, 0.3) is 0 Å². The Morgan fingerprint density at radius 3 is 1.67 bits per heavy atom. The Hall–Kier alpha value is -0.110. The van der Waals surface area contributed by atoms with Crippen molar-refractivity contribution in [2.75, 3.05) is 0 Å². The van der Waals surface area contributed by atoms with Gasteiger partial charge in [0.2, 0.25) is 0 Å². The van der Waals surface area contributed by atoms with Crippen LogP contribution < -0.4 is 0 Å². The van der Waals surface area contributed by atoms with Crippen LogP contribution in [-0.2, 0) is 0 Å². The van der Waals surface area contributed by atoms with Gasteiger partial charge in [0.1, 0.15) is 6.17 Å². The molecule has 0 aromatic rings. The summed E-state index contributed by atoms with van der Waals surface area (Å²) in [5.74, 6) is 0. The molecule has 1 rings (SSSR count). The molecular weight excluding hydrogens is 155 g/mol. The second kappa shape index (κ2) is 10.9. The monoisotopic (exact) mass is 178 g/mol.